The lowest BCUT2D eigenvalue weighted by Gasteiger charge is -2.13. The Morgan fingerprint density at radius 3 is 2.59 bits per heavy atom. The molecule has 1 aromatic carbocycles. The lowest BCUT2D eigenvalue weighted by Crippen LogP contribution is -2.27. The summed E-state index contributed by atoms with van der Waals surface area (Å²) < 4.78 is 15.0. The van der Waals surface area contributed by atoms with E-state index in [1.165, 1.54) is 23.1 Å². The predicted octanol–water partition coefficient (Wildman–Crippen LogP) is 1.25. The molecule has 0 spiro atoms. The van der Waals surface area contributed by atoms with Crippen molar-refractivity contribution in [1.82, 2.24) is 4.90 Å². The van der Waals surface area contributed by atoms with E-state index in [1.54, 1.807) is 20.2 Å². The molecule has 17 heavy (non-hydrogen) atoms. The van der Waals surface area contributed by atoms with E-state index in [1.807, 2.05) is 0 Å². The molecule has 0 bridgehead atoms. The number of nitrogens with one attached hydrogen (secondary N) is 1. The molecule has 3 N–H and O–H groups in total. The zero-order valence-electron chi connectivity index (χ0n) is 9.32. The number of carbonyl (C=O) groups is 1. The van der Waals surface area contributed by atoms with Gasteiger partial charge in [-0.25, -0.2) is 9.36 Å². The molecule has 2 amide bonds. The maximum Gasteiger partial charge on any atom is 0.524 e. The average Bonchev–Trinajstić information content (AvgIpc) is 2.15. The fourth-order valence-electron chi connectivity index (χ4n) is 1.00. The summed E-state index contributed by atoms with van der Waals surface area (Å²) in [6.45, 7) is 0. The zero-order chi connectivity index (χ0) is 13.1. The quantitative estimate of drug-likeness (QED) is 0.710. The molecule has 94 valence electrons. The Kier molecular flexibility index (Phi) is 4.11. The van der Waals surface area contributed by atoms with Crippen molar-refractivity contribution < 1.29 is 23.7 Å². The summed E-state index contributed by atoms with van der Waals surface area (Å²) in [4.78, 5) is 29.9. The van der Waals surface area contributed by atoms with Gasteiger partial charge in [0.2, 0.25) is 0 Å². The largest absolute Gasteiger partial charge is 0.524 e. The van der Waals surface area contributed by atoms with Gasteiger partial charge < -0.3 is 14.7 Å². The van der Waals surface area contributed by atoms with Crippen LogP contribution in [0.15, 0.2) is 24.3 Å². The van der Waals surface area contributed by atoms with Gasteiger partial charge >= 0.3 is 13.9 Å². The second-order valence-electron chi connectivity index (χ2n) is 3.43. The van der Waals surface area contributed by atoms with Crippen molar-refractivity contribution in [3.63, 3.8) is 0 Å². The lowest BCUT2D eigenvalue weighted by molar-refractivity contribution is 0.230. The summed E-state index contributed by atoms with van der Waals surface area (Å²) in [5, 5.41) is 2.52. The van der Waals surface area contributed by atoms with Crippen molar-refractivity contribution in [3.05, 3.63) is 24.3 Å². The summed E-state index contributed by atoms with van der Waals surface area (Å²) in [5.41, 5.74) is 0.384. The number of hydrogen-bond donors (Lipinski definition) is 3. The van der Waals surface area contributed by atoms with Crippen molar-refractivity contribution in [2.45, 2.75) is 0 Å². The maximum atomic E-state index is 11.3. The molecule has 0 aliphatic rings. The molecular formula is C9H13N2O5P. The fraction of sp³-hybridized carbons (Fsp3) is 0.222. The van der Waals surface area contributed by atoms with Crippen LogP contribution in [-0.2, 0) is 4.57 Å². The molecule has 0 aromatic heterocycles. The Hall–Kier alpha value is -1.56. The molecular weight excluding hydrogens is 247 g/mol. The first-order chi connectivity index (χ1) is 7.78. The molecule has 0 radical (unpaired) electrons. The van der Waals surface area contributed by atoms with Crippen LogP contribution < -0.4 is 9.84 Å². The van der Waals surface area contributed by atoms with E-state index >= 15 is 0 Å². The molecule has 1 rings (SSSR count). The highest BCUT2D eigenvalue weighted by atomic mass is 31.2. The fourth-order valence-corrected chi connectivity index (χ4v) is 1.39. The van der Waals surface area contributed by atoms with Crippen molar-refractivity contribution >= 4 is 19.5 Å². The van der Waals surface area contributed by atoms with E-state index in [-0.39, 0.29) is 11.8 Å². The van der Waals surface area contributed by atoms with Gasteiger partial charge in [-0.2, -0.15) is 0 Å². The summed E-state index contributed by atoms with van der Waals surface area (Å²) in [7, 11) is -1.43. The summed E-state index contributed by atoms with van der Waals surface area (Å²) in [6.07, 6.45) is 0. The van der Waals surface area contributed by atoms with E-state index in [4.69, 9.17) is 9.79 Å². The summed E-state index contributed by atoms with van der Waals surface area (Å²) in [5.74, 6) is -0.0186. The minimum Gasteiger partial charge on any atom is -0.404 e. The first-order valence-corrected chi connectivity index (χ1v) is 6.14. The molecule has 0 atom stereocenters. The molecule has 0 heterocycles. The van der Waals surface area contributed by atoms with E-state index < -0.39 is 7.82 Å². The van der Waals surface area contributed by atoms with Gasteiger partial charge in [0.15, 0.2) is 0 Å². The molecule has 0 saturated carbocycles. The standard InChI is InChI=1S/C9H13N2O5P/c1-11(2)9(12)10-7-4-3-5-8(6-7)16-17(13,14)15/h3-6H,1-2H3,(H,10,12)(H2,13,14,15). The van der Waals surface area contributed by atoms with Crippen LogP contribution in [0.3, 0.4) is 0 Å². The number of phosphoric ester groups is 1. The first kappa shape index (κ1) is 13.5. The Morgan fingerprint density at radius 1 is 1.41 bits per heavy atom. The molecule has 0 saturated heterocycles. The molecule has 1 aromatic rings. The van der Waals surface area contributed by atoms with Crippen molar-refractivity contribution in [2.24, 2.45) is 0 Å². The summed E-state index contributed by atoms with van der Waals surface area (Å²) >= 11 is 0. The van der Waals surface area contributed by atoms with Crippen LogP contribution in [-0.4, -0.2) is 34.8 Å². The van der Waals surface area contributed by atoms with Gasteiger partial charge in [-0.15, -0.1) is 0 Å². The van der Waals surface area contributed by atoms with Crippen molar-refractivity contribution in [2.75, 3.05) is 19.4 Å². The maximum absolute atomic E-state index is 11.3. The zero-order valence-corrected chi connectivity index (χ0v) is 10.2. The van der Waals surface area contributed by atoms with Gasteiger partial charge in [0.05, 0.1) is 0 Å². The topological polar surface area (TPSA) is 99.1 Å². The van der Waals surface area contributed by atoms with Crippen molar-refractivity contribution in [1.29, 1.82) is 0 Å². The van der Waals surface area contributed by atoms with Gasteiger partial charge in [-0.1, -0.05) is 6.07 Å². The number of rotatable bonds is 3. The van der Waals surface area contributed by atoms with Crippen molar-refractivity contribution in [3.8, 4) is 5.75 Å². The molecule has 8 heteroatoms. The van der Waals surface area contributed by atoms with Gasteiger partial charge in [0.25, 0.3) is 0 Å². The van der Waals surface area contributed by atoms with E-state index in [0.717, 1.165) is 0 Å². The highest BCUT2D eigenvalue weighted by molar-refractivity contribution is 7.46. The molecule has 0 aliphatic carbocycles. The van der Waals surface area contributed by atoms with Gasteiger partial charge in [0, 0.05) is 25.8 Å². The number of anilines is 1. The third-order valence-corrected chi connectivity index (χ3v) is 2.16. The third kappa shape index (κ3) is 4.86. The Morgan fingerprint density at radius 2 is 2.06 bits per heavy atom. The first-order valence-electron chi connectivity index (χ1n) is 4.61. The van der Waals surface area contributed by atoms with Crippen LogP contribution in [0.25, 0.3) is 0 Å². The molecule has 0 fully saturated rings. The van der Waals surface area contributed by atoms with Crippen LogP contribution in [0.5, 0.6) is 5.75 Å². The Balaban J connectivity index is 2.79. The second-order valence-corrected chi connectivity index (χ2v) is 4.60. The number of phosphoric acid groups is 1. The number of benzene rings is 1. The second kappa shape index (κ2) is 5.18. The SMILES string of the molecule is CN(C)C(=O)Nc1cccc(OP(=O)(O)O)c1. The van der Waals surface area contributed by atoms with Crippen LogP contribution in [0, 0.1) is 0 Å². The normalized spacial score (nSPS) is 10.8. The molecule has 0 aliphatic heterocycles. The minimum absolute atomic E-state index is 0.0186. The van der Waals surface area contributed by atoms with E-state index in [2.05, 4.69) is 9.84 Å². The lowest BCUT2D eigenvalue weighted by atomic mass is 10.3. The Labute approximate surface area is 98.2 Å². The Bertz CT molecular complexity index is 456. The van der Waals surface area contributed by atoms with Gasteiger partial charge in [-0.3, -0.25) is 9.79 Å². The predicted molar refractivity (Wildman–Crippen MR) is 61.8 cm³/mol. The van der Waals surface area contributed by atoms with Gasteiger partial charge in [-0.05, 0) is 12.1 Å². The van der Waals surface area contributed by atoms with Crippen LogP contribution in [0.2, 0.25) is 0 Å². The van der Waals surface area contributed by atoms with Gasteiger partial charge in [0.1, 0.15) is 5.75 Å². The smallest absolute Gasteiger partial charge is 0.404 e. The monoisotopic (exact) mass is 260 g/mol. The van der Waals surface area contributed by atoms with Crippen LogP contribution >= 0.6 is 7.82 Å². The average molecular weight is 260 g/mol. The number of carbonyl (C=O) groups excluding carboxylic acids is 1. The number of hydrogen-bond acceptors (Lipinski definition) is 3. The highest BCUT2D eigenvalue weighted by Gasteiger charge is 2.16. The van der Waals surface area contributed by atoms with E-state index in [9.17, 15) is 9.36 Å². The van der Waals surface area contributed by atoms with Crippen LogP contribution in [0.1, 0.15) is 0 Å². The van der Waals surface area contributed by atoms with E-state index in [0.29, 0.717) is 5.69 Å². The molecule has 7 nitrogen and oxygen atoms in total. The number of amides is 2. The number of nitrogens with zero attached hydrogens (tertiary/aromatic N) is 1. The number of urea groups is 1. The highest BCUT2D eigenvalue weighted by Crippen LogP contribution is 2.38. The summed E-state index contributed by atoms with van der Waals surface area (Å²) in [6, 6.07) is 5.44. The van der Waals surface area contributed by atoms with Crippen LogP contribution in [0.4, 0.5) is 10.5 Å². The molecule has 0 unspecified atom stereocenters. The third-order valence-electron chi connectivity index (χ3n) is 1.72. The minimum atomic E-state index is -4.58.